The quantitative estimate of drug-likeness (QED) is 0.0890. The molecule has 50 heavy (non-hydrogen) atoms. The molecule has 1 radical (unpaired) electrons. The van der Waals surface area contributed by atoms with E-state index in [1.807, 2.05) is 65.9 Å². The van der Waals surface area contributed by atoms with Crippen LogP contribution in [0.3, 0.4) is 0 Å². The zero-order chi connectivity index (χ0) is 35.6. The minimum atomic E-state index is -0.337. The second kappa shape index (κ2) is 15.7. The third kappa shape index (κ3) is 7.96. The van der Waals surface area contributed by atoms with Crippen LogP contribution in [0.2, 0.25) is 0 Å². The van der Waals surface area contributed by atoms with Gasteiger partial charge in [-0.3, -0.25) is 9.78 Å². The molecule has 0 aliphatic heterocycles. The number of hydrogen-bond acceptors (Lipinski definition) is 6. The monoisotopic (exact) mass is 866 g/mol. The number of thiophene rings is 1. The van der Waals surface area contributed by atoms with Crippen molar-refractivity contribution in [2.24, 2.45) is 10.8 Å². The Kier molecular flexibility index (Phi) is 12.3. The van der Waals surface area contributed by atoms with Crippen LogP contribution in [0.5, 0.6) is 0 Å². The maximum absolute atomic E-state index is 12.2. The molecule has 0 saturated carbocycles. The second-order valence-electron chi connectivity index (χ2n) is 14.5. The van der Waals surface area contributed by atoms with Crippen molar-refractivity contribution in [3.05, 3.63) is 96.6 Å². The van der Waals surface area contributed by atoms with Gasteiger partial charge in [0.25, 0.3) is 0 Å². The van der Waals surface area contributed by atoms with E-state index in [4.69, 9.17) is 14.4 Å². The summed E-state index contributed by atoms with van der Waals surface area (Å²) in [4.78, 5) is 22.9. The summed E-state index contributed by atoms with van der Waals surface area (Å²) in [6.07, 6.45) is 8.32. The molecule has 6 aromatic rings. The summed E-state index contributed by atoms with van der Waals surface area (Å²) >= 11 is 1.74. The number of fused-ring (bicyclic) bond motifs is 3. The summed E-state index contributed by atoms with van der Waals surface area (Å²) in [6.45, 7) is 18.9. The molecule has 4 aromatic heterocycles. The van der Waals surface area contributed by atoms with Crippen molar-refractivity contribution in [3.8, 4) is 21.8 Å². The Hall–Kier alpha value is -3.64. The summed E-state index contributed by atoms with van der Waals surface area (Å²) in [7, 11) is 0. The van der Waals surface area contributed by atoms with E-state index < -0.39 is 0 Å². The van der Waals surface area contributed by atoms with Crippen molar-refractivity contribution in [2.45, 2.75) is 93.4 Å². The number of carbonyl (C=O) groups is 1. The maximum atomic E-state index is 12.2. The molecule has 0 bridgehead atoms. The third-order valence-corrected chi connectivity index (χ3v) is 11.6. The van der Waals surface area contributed by atoms with E-state index in [0.717, 1.165) is 69.4 Å². The maximum Gasteiger partial charge on any atom is 0.164 e. The summed E-state index contributed by atoms with van der Waals surface area (Å²) < 4.78 is 6.64. The zero-order valence-electron chi connectivity index (χ0n) is 30.7. The van der Waals surface area contributed by atoms with Gasteiger partial charge in [0.1, 0.15) is 11.3 Å². The van der Waals surface area contributed by atoms with Crippen molar-refractivity contribution < 1.29 is 34.4 Å². The fourth-order valence-electron chi connectivity index (χ4n) is 5.96. The molecular weight excluding hydrogens is 817 g/mol. The Bertz CT molecular complexity index is 2130. The number of pyridine rings is 2. The number of allylic oxidation sites excluding steroid dienone is 2. The smallest absolute Gasteiger partial charge is 0.164 e. The molecule has 0 aliphatic carbocycles. The topological polar surface area (TPSA) is 76.2 Å². The number of furan rings is 1. The zero-order valence-corrected chi connectivity index (χ0v) is 33.9. The molecule has 2 aromatic carbocycles. The molecule has 0 unspecified atom stereocenters. The number of nitrogens with zero attached hydrogens (tertiary/aromatic N) is 2. The first-order valence-electron chi connectivity index (χ1n) is 17.4. The predicted molar refractivity (Wildman–Crippen MR) is 206 cm³/mol. The van der Waals surface area contributed by atoms with E-state index in [1.54, 1.807) is 17.6 Å². The van der Waals surface area contributed by atoms with Gasteiger partial charge in [-0.1, -0.05) is 91.5 Å². The average Bonchev–Trinajstić information content (AvgIpc) is 3.77. The van der Waals surface area contributed by atoms with Crippen molar-refractivity contribution in [1.82, 2.24) is 9.97 Å². The summed E-state index contributed by atoms with van der Waals surface area (Å²) in [5.74, 6) is 0.286. The number of aliphatic hydroxyl groups is 1. The first-order valence-corrected chi connectivity index (χ1v) is 18.2. The average molecular weight is 866 g/mol. The molecule has 0 spiro atoms. The number of benzene rings is 2. The molecule has 4 heterocycles. The third-order valence-electron chi connectivity index (χ3n) is 10.4. The van der Waals surface area contributed by atoms with E-state index in [2.05, 4.69) is 69.3 Å². The van der Waals surface area contributed by atoms with E-state index in [0.29, 0.717) is 0 Å². The van der Waals surface area contributed by atoms with Gasteiger partial charge in [0, 0.05) is 59.7 Å². The number of hydrogen-bond donors (Lipinski definition) is 1. The summed E-state index contributed by atoms with van der Waals surface area (Å²) in [5, 5.41) is 13.6. The standard InChI is InChI=1S/C28H21N2OS.C15H28O2.Ir/c1-28(2,3)21-15-18(14-17-6-4-5-7-19(17)21)27-20-16-26(32-25(20)10-12-29-27)23-8-9-24-22(30-23)11-13-31-24;1-7-14(5,8-2)12(16)11-13(17)15(6,9-3)10-4;/h4-13,15-16H,1-3H3;11,16H,7-10H2,1-6H3;/q-1;;/b;12-11-;. The molecular formula is C43H49IrN2O3S-. The van der Waals surface area contributed by atoms with Gasteiger partial charge >= 0.3 is 0 Å². The molecule has 7 heteroatoms. The number of ketones is 1. The molecule has 0 atom stereocenters. The van der Waals surface area contributed by atoms with Crippen molar-refractivity contribution in [2.75, 3.05) is 0 Å². The fourth-order valence-corrected chi connectivity index (χ4v) is 6.98. The van der Waals surface area contributed by atoms with Crippen LogP contribution in [-0.2, 0) is 30.3 Å². The molecule has 0 amide bonds. The second-order valence-corrected chi connectivity index (χ2v) is 15.6. The summed E-state index contributed by atoms with van der Waals surface area (Å²) in [5.41, 5.74) is 5.34. The first-order chi connectivity index (χ1) is 23.3. The minimum absolute atomic E-state index is 0. The van der Waals surface area contributed by atoms with Gasteiger partial charge in [0.15, 0.2) is 11.4 Å². The van der Waals surface area contributed by atoms with Gasteiger partial charge in [0.2, 0.25) is 0 Å². The van der Waals surface area contributed by atoms with E-state index >= 15 is 0 Å². The Morgan fingerprint density at radius 3 is 2.22 bits per heavy atom. The molecule has 5 nitrogen and oxygen atoms in total. The Morgan fingerprint density at radius 2 is 1.56 bits per heavy atom. The summed E-state index contributed by atoms with van der Waals surface area (Å²) in [6, 6.07) is 24.6. The van der Waals surface area contributed by atoms with Gasteiger partial charge in [-0.2, -0.15) is 0 Å². The van der Waals surface area contributed by atoms with Crippen LogP contribution in [0.15, 0.2) is 89.4 Å². The van der Waals surface area contributed by atoms with E-state index in [9.17, 15) is 9.90 Å². The van der Waals surface area contributed by atoms with Gasteiger partial charge in [-0.05, 0) is 60.7 Å². The van der Waals surface area contributed by atoms with Crippen LogP contribution < -0.4 is 0 Å². The van der Waals surface area contributed by atoms with Crippen LogP contribution in [0.4, 0.5) is 0 Å². The van der Waals surface area contributed by atoms with Crippen LogP contribution >= 0.6 is 11.3 Å². The van der Waals surface area contributed by atoms with Crippen molar-refractivity contribution in [3.63, 3.8) is 0 Å². The number of rotatable bonds is 9. The van der Waals surface area contributed by atoms with Crippen LogP contribution in [-0.4, -0.2) is 20.9 Å². The Labute approximate surface area is 314 Å². The van der Waals surface area contributed by atoms with Crippen LogP contribution in [0.1, 0.15) is 93.6 Å². The number of aromatic nitrogens is 2. The largest absolute Gasteiger partial charge is 0.512 e. The number of carbonyl (C=O) groups excluding carboxylic acids is 1. The molecule has 0 aliphatic rings. The molecule has 265 valence electrons. The predicted octanol–water partition coefficient (Wildman–Crippen LogP) is 12.7. The first kappa shape index (κ1) is 39.2. The number of aliphatic hydroxyl groups excluding tert-OH is 1. The Balaban J connectivity index is 0.000000269. The van der Waals surface area contributed by atoms with E-state index in [-0.39, 0.29) is 47.9 Å². The minimum Gasteiger partial charge on any atom is -0.512 e. The normalized spacial score (nSPS) is 12.5. The molecule has 0 saturated heterocycles. The Morgan fingerprint density at radius 1 is 0.880 bits per heavy atom. The molecule has 1 N–H and O–H groups in total. The van der Waals surface area contributed by atoms with E-state index in [1.165, 1.54) is 21.7 Å². The van der Waals surface area contributed by atoms with Crippen molar-refractivity contribution >= 4 is 49.1 Å². The van der Waals surface area contributed by atoms with Gasteiger partial charge in [-0.25, -0.2) is 4.98 Å². The molecule has 0 fully saturated rings. The van der Waals surface area contributed by atoms with Crippen molar-refractivity contribution in [1.29, 1.82) is 0 Å². The fraction of sp³-hybridized carbons (Fsp3) is 0.372. The van der Waals surface area contributed by atoms with Crippen LogP contribution in [0, 0.1) is 16.9 Å². The SMILES string of the molecule is CC(C)(C)c1cc(-c2nccc3sc(-c4ccc5occc5n4)cc23)[c-]c2ccccc12.CCC(C)(CC)C(=O)/C=C(\O)C(C)(CC)CC.[Ir]. The van der Waals surface area contributed by atoms with Gasteiger partial charge < -0.3 is 9.52 Å². The van der Waals surface area contributed by atoms with Gasteiger partial charge in [-0.15, -0.1) is 40.5 Å². The van der Waals surface area contributed by atoms with Crippen LogP contribution in [0.25, 0.3) is 53.8 Å². The molecule has 6 rings (SSSR count). The van der Waals surface area contributed by atoms with Gasteiger partial charge in [0.05, 0.1) is 16.8 Å².